The minimum atomic E-state index is -3.49. The van der Waals surface area contributed by atoms with E-state index in [2.05, 4.69) is 77.9 Å². The van der Waals surface area contributed by atoms with Crippen LogP contribution in [0.1, 0.15) is 114 Å². The van der Waals surface area contributed by atoms with Crippen LogP contribution in [0.2, 0.25) is 8.87 Å². The summed E-state index contributed by atoms with van der Waals surface area (Å²) in [5.41, 5.74) is 5.54. The fourth-order valence-electron chi connectivity index (χ4n) is 4.93. The van der Waals surface area contributed by atoms with Gasteiger partial charge >= 0.3 is 223 Å². The van der Waals surface area contributed by atoms with Crippen LogP contribution in [0.15, 0.2) is 36.4 Å². The number of hydrogen-bond acceptors (Lipinski definition) is 2. The van der Waals surface area contributed by atoms with Gasteiger partial charge in [-0.25, -0.2) is 0 Å². The third-order valence-corrected chi connectivity index (χ3v) is 17.0. The first-order valence-electron chi connectivity index (χ1n) is 14.5. The fraction of sp³-hybridized carbons (Fsp3) is 0.625. The predicted molar refractivity (Wildman–Crippen MR) is 155 cm³/mol. The zero-order valence-corrected chi connectivity index (χ0v) is 26.5. The minimum absolute atomic E-state index is 1.10. The summed E-state index contributed by atoms with van der Waals surface area (Å²) in [5, 5.41) is 0. The van der Waals surface area contributed by atoms with Crippen molar-refractivity contribution >= 4 is 19.2 Å². The average Bonchev–Trinajstić information content (AvgIpc) is 2.85. The fourth-order valence-corrected chi connectivity index (χ4v) is 15.4. The first kappa shape index (κ1) is 30.1. The van der Waals surface area contributed by atoms with Crippen LogP contribution in [-0.2, 0) is 12.8 Å². The van der Waals surface area contributed by atoms with Gasteiger partial charge in [0.05, 0.1) is 0 Å². The van der Waals surface area contributed by atoms with E-state index in [1.54, 1.807) is 0 Å². The topological polar surface area (TPSA) is 18.5 Å². The molecule has 3 heteroatoms. The number of hydrogen-bond donors (Lipinski definition) is 0. The van der Waals surface area contributed by atoms with E-state index in [0.717, 1.165) is 33.2 Å². The van der Waals surface area contributed by atoms with Gasteiger partial charge in [0.25, 0.3) is 0 Å². The van der Waals surface area contributed by atoms with Crippen LogP contribution in [0.3, 0.4) is 0 Å². The van der Waals surface area contributed by atoms with E-state index in [-0.39, 0.29) is 0 Å². The Labute approximate surface area is 222 Å². The van der Waals surface area contributed by atoms with Crippen molar-refractivity contribution in [2.45, 2.75) is 127 Å². The molecule has 0 atom stereocenters. The molecule has 0 saturated carbocycles. The molecule has 0 radical (unpaired) electrons. The second-order valence-corrected chi connectivity index (χ2v) is 19.6. The summed E-state index contributed by atoms with van der Waals surface area (Å²) in [5.74, 6) is 2.23. The van der Waals surface area contributed by atoms with Gasteiger partial charge < -0.3 is 0 Å². The van der Waals surface area contributed by atoms with Crippen LogP contribution in [0.4, 0.5) is 0 Å². The van der Waals surface area contributed by atoms with Crippen molar-refractivity contribution in [2.24, 2.45) is 0 Å². The summed E-state index contributed by atoms with van der Waals surface area (Å²) in [4.78, 5) is 0. The van der Waals surface area contributed by atoms with E-state index in [9.17, 15) is 0 Å². The molecule has 2 rings (SSSR count). The van der Waals surface area contributed by atoms with Crippen molar-refractivity contribution in [3.05, 3.63) is 58.7 Å². The molecule has 0 fully saturated rings. The van der Waals surface area contributed by atoms with Gasteiger partial charge in [0, 0.05) is 0 Å². The summed E-state index contributed by atoms with van der Waals surface area (Å²) in [6, 6.07) is 13.3. The van der Waals surface area contributed by atoms with Crippen LogP contribution in [-0.4, -0.2) is 19.2 Å². The van der Waals surface area contributed by atoms with E-state index in [1.807, 2.05) is 0 Å². The van der Waals surface area contributed by atoms with Crippen LogP contribution < -0.4 is 6.15 Å². The zero-order valence-electron chi connectivity index (χ0n) is 23.7. The Morgan fingerprint density at radius 3 is 1.31 bits per heavy atom. The molecule has 2 aromatic rings. The van der Waals surface area contributed by atoms with Gasteiger partial charge in [0.15, 0.2) is 0 Å². The third kappa shape index (κ3) is 9.67. The number of aryl methyl sites for hydroxylation is 2. The van der Waals surface area contributed by atoms with Crippen molar-refractivity contribution in [1.29, 1.82) is 0 Å². The molecule has 2 nitrogen and oxygen atoms in total. The SMILES string of the molecule is CCCCCc1c(C)cccc1[O][Sn]([CH2]CCC)([CH2]CCC)[O]c1cccc(C)c1CCCCC. The number of unbranched alkanes of at least 4 members (excludes halogenated alkanes) is 6. The van der Waals surface area contributed by atoms with Gasteiger partial charge in [-0.1, -0.05) is 0 Å². The number of rotatable bonds is 18. The Morgan fingerprint density at radius 2 is 0.943 bits per heavy atom. The molecule has 0 saturated heterocycles. The molecule has 0 bridgehead atoms. The van der Waals surface area contributed by atoms with Crippen LogP contribution in [0.5, 0.6) is 11.5 Å². The van der Waals surface area contributed by atoms with Gasteiger partial charge in [0.1, 0.15) is 0 Å². The van der Waals surface area contributed by atoms with Gasteiger partial charge in [-0.2, -0.15) is 0 Å². The molecule has 0 amide bonds. The van der Waals surface area contributed by atoms with Gasteiger partial charge in [0.2, 0.25) is 0 Å². The molecule has 0 aromatic heterocycles. The number of benzene rings is 2. The van der Waals surface area contributed by atoms with Gasteiger partial charge in [-0.3, -0.25) is 0 Å². The molecule has 0 unspecified atom stereocenters. The summed E-state index contributed by atoms with van der Waals surface area (Å²) in [6.45, 7) is 13.6. The first-order chi connectivity index (χ1) is 17.0. The summed E-state index contributed by atoms with van der Waals surface area (Å²) in [6.07, 6.45) is 14.4. The summed E-state index contributed by atoms with van der Waals surface area (Å²) in [7, 11) is 0. The molecule has 0 aliphatic carbocycles. The first-order valence-corrected chi connectivity index (χ1v) is 20.9. The second kappa shape index (κ2) is 16.6. The van der Waals surface area contributed by atoms with Crippen LogP contribution >= 0.6 is 0 Å². The predicted octanol–water partition coefficient (Wildman–Crippen LogP) is 10.3. The Balaban J connectivity index is 2.47. The maximum absolute atomic E-state index is 7.26. The van der Waals surface area contributed by atoms with E-state index in [1.165, 1.54) is 86.5 Å². The van der Waals surface area contributed by atoms with Crippen molar-refractivity contribution in [2.75, 3.05) is 0 Å². The zero-order chi connectivity index (χ0) is 25.5. The van der Waals surface area contributed by atoms with Gasteiger partial charge in [-0.15, -0.1) is 0 Å². The molecule has 2 aromatic carbocycles. The van der Waals surface area contributed by atoms with E-state index >= 15 is 0 Å². The molecule has 0 aliphatic rings. The van der Waals surface area contributed by atoms with Crippen molar-refractivity contribution in [3.8, 4) is 11.5 Å². The van der Waals surface area contributed by atoms with Crippen LogP contribution in [0, 0.1) is 13.8 Å². The van der Waals surface area contributed by atoms with Crippen LogP contribution in [0.25, 0.3) is 0 Å². The molecule has 196 valence electrons. The quantitative estimate of drug-likeness (QED) is 0.128. The maximum atomic E-state index is 7.26. The van der Waals surface area contributed by atoms with E-state index < -0.39 is 19.2 Å². The molecule has 0 aliphatic heterocycles. The second-order valence-electron chi connectivity index (χ2n) is 10.3. The molecule has 0 heterocycles. The Hall–Kier alpha value is -1.16. The Morgan fingerprint density at radius 1 is 0.543 bits per heavy atom. The summed E-state index contributed by atoms with van der Waals surface area (Å²) >= 11 is -3.49. The molecular formula is C32H52O2Sn. The van der Waals surface area contributed by atoms with E-state index in [0.29, 0.717) is 0 Å². The monoisotopic (exact) mass is 588 g/mol. The normalized spacial score (nSPS) is 11.6. The Bertz CT molecular complexity index is 789. The third-order valence-electron chi connectivity index (χ3n) is 7.21. The van der Waals surface area contributed by atoms with Crippen molar-refractivity contribution in [3.63, 3.8) is 0 Å². The van der Waals surface area contributed by atoms with Crippen molar-refractivity contribution < 1.29 is 6.15 Å². The standard InChI is InChI=1S/2C12H18O.2C4H9.Sn/c2*1-3-4-5-8-11-10(2)7-6-9-12(11)13;2*1-3-4-2;/h2*6-7,9,13H,3-5,8H2,1-2H3;2*1,3-4H2,2H3;/q;;;;+2/p-2. The van der Waals surface area contributed by atoms with Crippen molar-refractivity contribution in [1.82, 2.24) is 0 Å². The average molecular weight is 587 g/mol. The molecule has 0 N–H and O–H groups in total. The molecule has 35 heavy (non-hydrogen) atoms. The van der Waals surface area contributed by atoms with Gasteiger partial charge in [-0.05, 0) is 0 Å². The Kier molecular flexibility index (Phi) is 14.2. The van der Waals surface area contributed by atoms with E-state index in [4.69, 9.17) is 6.15 Å². The summed E-state index contributed by atoms with van der Waals surface area (Å²) < 4.78 is 16.8. The molecule has 0 spiro atoms. The molecular weight excluding hydrogens is 535 g/mol.